The zero-order valence-electron chi connectivity index (χ0n) is 11.6. The molecule has 0 saturated heterocycles. The van der Waals surface area contributed by atoms with Gasteiger partial charge in [0.05, 0.1) is 19.7 Å². The summed E-state index contributed by atoms with van der Waals surface area (Å²) in [5.41, 5.74) is 2.42. The standard InChI is InChI=1S/C15H17Br2NOS/c1-9(2)19-11-6-4-5-10(7-11)14(18-3)12-8-13(16)20-15(12)17/h4-9,14,18H,1-3H3. The summed E-state index contributed by atoms with van der Waals surface area (Å²) in [6.07, 6.45) is 0.181. The quantitative estimate of drug-likeness (QED) is 0.704. The summed E-state index contributed by atoms with van der Waals surface area (Å²) in [5, 5.41) is 3.37. The second-order valence-corrected chi connectivity index (χ2v) is 8.49. The summed E-state index contributed by atoms with van der Waals surface area (Å²) in [4.78, 5) is 0. The molecule has 1 heterocycles. The molecule has 1 aromatic heterocycles. The third-order valence-corrected chi connectivity index (χ3v) is 5.23. The number of benzene rings is 1. The number of ether oxygens (including phenoxy) is 1. The lowest BCUT2D eigenvalue weighted by molar-refractivity contribution is 0.242. The average molecular weight is 419 g/mol. The van der Waals surface area contributed by atoms with Crippen LogP contribution in [0.15, 0.2) is 37.9 Å². The van der Waals surface area contributed by atoms with Gasteiger partial charge in [-0.15, -0.1) is 11.3 Å². The van der Waals surface area contributed by atoms with Crippen LogP contribution in [-0.2, 0) is 0 Å². The van der Waals surface area contributed by atoms with E-state index in [0.29, 0.717) is 0 Å². The van der Waals surface area contributed by atoms with E-state index in [-0.39, 0.29) is 12.1 Å². The molecule has 1 atom stereocenters. The van der Waals surface area contributed by atoms with Gasteiger partial charge in [0.1, 0.15) is 5.75 Å². The summed E-state index contributed by atoms with van der Waals surface area (Å²) in [7, 11) is 1.97. The molecule has 0 amide bonds. The lowest BCUT2D eigenvalue weighted by Crippen LogP contribution is -2.17. The van der Waals surface area contributed by atoms with Crippen molar-refractivity contribution in [2.45, 2.75) is 26.0 Å². The molecule has 1 aromatic carbocycles. The lowest BCUT2D eigenvalue weighted by Gasteiger charge is -2.18. The van der Waals surface area contributed by atoms with Crippen LogP contribution < -0.4 is 10.1 Å². The van der Waals surface area contributed by atoms with Crippen molar-refractivity contribution in [3.63, 3.8) is 0 Å². The molecular weight excluding hydrogens is 402 g/mol. The largest absolute Gasteiger partial charge is 0.491 e. The smallest absolute Gasteiger partial charge is 0.120 e. The van der Waals surface area contributed by atoms with Crippen molar-refractivity contribution in [3.05, 3.63) is 49.0 Å². The van der Waals surface area contributed by atoms with Crippen molar-refractivity contribution in [1.82, 2.24) is 5.32 Å². The van der Waals surface area contributed by atoms with E-state index < -0.39 is 0 Å². The molecule has 5 heteroatoms. The molecule has 0 fully saturated rings. The van der Waals surface area contributed by atoms with E-state index in [1.165, 1.54) is 11.1 Å². The summed E-state index contributed by atoms with van der Waals surface area (Å²) in [5.74, 6) is 0.906. The van der Waals surface area contributed by atoms with Gasteiger partial charge in [-0.1, -0.05) is 12.1 Å². The minimum absolute atomic E-state index is 0.141. The van der Waals surface area contributed by atoms with Crippen LogP contribution in [0.3, 0.4) is 0 Å². The van der Waals surface area contributed by atoms with Gasteiger partial charge >= 0.3 is 0 Å². The summed E-state index contributed by atoms with van der Waals surface area (Å²) in [6, 6.07) is 10.5. The number of rotatable bonds is 5. The molecular formula is C15H17Br2NOS. The van der Waals surface area contributed by atoms with Gasteiger partial charge in [0.15, 0.2) is 0 Å². The Bertz CT molecular complexity index is 583. The van der Waals surface area contributed by atoms with E-state index in [1.54, 1.807) is 11.3 Å². The summed E-state index contributed by atoms with van der Waals surface area (Å²) < 4.78 is 8.03. The number of nitrogens with one attached hydrogen (secondary N) is 1. The predicted octanol–water partition coefficient (Wildman–Crippen LogP) is 5.37. The van der Waals surface area contributed by atoms with Crippen molar-refractivity contribution in [2.75, 3.05) is 7.05 Å². The highest BCUT2D eigenvalue weighted by atomic mass is 79.9. The van der Waals surface area contributed by atoms with Crippen LogP contribution in [0.1, 0.15) is 31.0 Å². The lowest BCUT2D eigenvalue weighted by atomic mass is 10.0. The number of hydrogen-bond acceptors (Lipinski definition) is 3. The molecule has 2 aromatic rings. The van der Waals surface area contributed by atoms with Crippen LogP contribution in [0.25, 0.3) is 0 Å². The van der Waals surface area contributed by atoms with Crippen LogP contribution in [0.2, 0.25) is 0 Å². The van der Waals surface area contributed by atoms with Crippen LogP contribution in [0, 0.1) is 0 Å². The van der Waals surface area contributed by atoms with Gasteiger partial charge in [-0.3, -0.25) is 0 Å². The second-order valence-electron chi connectivity index (χ2n) is 4.74. The van der Waals surface area contributed by atoms with Crippen molar-refractivity contribution < 1.29 is 4.74 Å². The molecule has 1 N–H and O–H groups in total. The van der Waals surface area contributed by atoms with Crippen LogP contribution in [0.4, 0.5) is 0 Å². The molecule has 0 bridgehead atoms. The average Bonchev–Trinajstić information content (AvgIpc) is 2.69. The van der Waals surface area contributed by atoms with Gasteiger partial charge < -0.3 is 10.1 Å². The first-order valence-corrected chi connectivity index (χ1v) is 8.80. The Morgan fingerprint density at radius 2 is 1.95 bits per heavy atom. The fourth-order valence-electron chi connectivity index (χ4n) is 2.09. The minimum Gasteiger partial charge on any atom is -0.491 e. The Labute approximate surface area is 140 Å². The number of hydrogen-bond donors (Lipinski definition) is 1. The molecule has 1 unspecified atom stereocenters. The van der Waals surface area contributed by atoms with E-state index in [1.807, 2.05) is 33.0 Å². The summed E-state index contributed by atoms with van der Waals surface area (Å²) in [6.45, 7) is 4.07. The molecule has 0 aliphatic carbocycles. The SMILES string of the molecule is CNC(c1cccc(OC(C)C)c1)c1cc(Br)sc1Br. The predicted molar refractivity (Wildman–Crippen MR) is 92.8 cm³/mol. The van der Waals surface area contributed by atoms with E-state index in [2.05, 4.69) is 55.4 Å². The van der Waals surface area contributed by atoms with Gasteiger partial charge in [0, 0.05) is 0 Å². The van der Waals surface area contributed by atoms with E-state index >= 15 is 0 Å². The first-order valence-electron chi connectivity index (χ1n) is 6.40. The fourth-order valence-corrected chi connectivity index (χ4v) is 4.99. The Hall–Kier alpha value is -0.360. The zero-order chi connectivity index (χ0) is 14.7. The third-order valence-electron chi connectivity index (χ3n) is 2.85. The maximum absolute atomic E-state index is 5.77. The topological polar surface area (TPSA) is 21.3 Å². The van der Waals surface area contributed by atoms with Gasteiger partial charge in [0.2, 0.25) is 0 Å². The fraction of sp³-hybridized carbons (Fsp3) is 0.333. The van der Waals surface area contributed by atoms with Crippen molar-refractivity contribution in [2.24, 2.45) is 0 Å². The highest BCUT2D eigenvalue weighted by molar-refractivity contribution is 9.12. The molecule has 0 aliphatic heterocycles. The minimum atomic E-state index is 0.141. The molecule has 2 nitrogen and oxygen atoms in total. The van der Waals surface area contributed by atoms with Gasteiger partial charge in [-0.25, -0.2) is 0 Å². The highest BCUT2D eigenvalue weighted by Gasteiger charge is 2.18. The first kappa shape index (κ1) is 16.0. The molecule has 20 heavy (non-hydrogen) atoms. The van der Waals surface area contributed by atoms with Gasteiger partial charge in [0.25, 0.3) is 0 Å². The summed E-state index contributed by atoms with van der Waals surface area (Å²) >= 11 is 8.85. The highest BCUT2D eigenvalue weighted by Crippen LogP contribution is 2.38. The Kier molecular flexibility index (Phi) is 5.66. The van der Waals surface area contributed by atoms with Gasteiger partial charge in [-0.2, -0.15) is 0 Å². The van der Waals surface area contributed by atoms with Gasteiger partial charge in [-0.05, 0) is 82.1 Å². The Morgan fingerprint density at radius 3 is 2.50 bits per heavy atom. The van der Waals surface area contributed by atoms with Crippen LogP contribution in [0.5, 0.6) is 5.75 Å². The van der Waals surface area contributed by atoms with E-state index in [9.17, 15) is 0 Å². The van der Waals surface area contributed by atoms with Crippen molar-refractivity contribution >= 4 is 43.2 Å². The maximum atomic E-state index is 5.77. The zero-order valence-corrected chi connectivity index (χ0v) is 15.6. The molecule has 0 spiro atoms. The Balaban J connectivity index is 2.34. The van der Waals surface area contributed by atoms with Crippen LogP contribution >= 0.6 is 43.2 Å². The third kappa shape index (κ3) is 3.85. The normalized spacial score (nSPS) is 12.7. The Morgan fingerprint density at radius 1 is 1.20 bits per heavy atom. The molecule has 0 aliphatic rings. The van der Waals surface area contributed by atoms with Crippen molar-refractivity contribution in [3.8, 4) is 5.75 Å². The molecule has 0 saturated carbocycles. The maximum Gasteiger partial charge on any atom is 0.120 e. The monoisotopic (exact) mass is 417 g/mol. The number of halogens is 2. The van der Waals surface area contributed by atoms with E-state index in [4.69, 9.17) is 4.74 Å². The van der Waals surface area contributed by atoms with Crippen molar-refractivity contribution in [1.29, 1.82) is 0 Å². The van der Waals surface area contributed by atoms with E-state index in [0.717, 1.165) is 13.3 Å². The second kappa shape index (κ2) is 7.07. The molecule has 108 valence electrons. The molecule has 0 radical (unpaired) electrons. The first-order chi connectivity index (χ1) is 9.51. The van der Waals surface area contributed by atoms with Crippen LogP contribution in [-0.4, -0.2) is 13.2 Å². The molecule has 2 rings (SSSR count). The number of thiophene rings is 1.